The zero-order valence-corrected chi connectivity index (χ0v) is 21.9. The van der Waals surface area contributed by atoms with E-state index in [0.29, 0.717) is 56.6 Å². The highest BCUT2D eigenvalue weighted by atomic mass is 19.2. The summed E-state index contributed by atoms with van der Waals surface area (Å²) in [6.45, 7) is 3.69. The summed E-state index contributed by atoms with van der Waals surface area (Å²) < 4.78 is 59.3. The Bertz CT molecular complexity index is 1210. The number of halogens is 3. The van der Waals surface area contributed by atoms with Gasteiger partial charge >= 0.3 is 0 Å². The lowest BCUT2D eigenvalue weighted by Crippen LogP contribution is -2.44. The van der Waals surface area contributed by atoms with E-state index in [2.05, 4.69) is 5.32 Å². The van der Waals surface area contributed by atoms with E-state index >= 15 is 0 Å². The van der Waals surface area contributed by atoms with Crippen molar-refractivity contribution in [1.29, 1.82) is 0 Å². The summed E-state index contributed by atoms with van der Waals surface area (Å²) in [5, 5.41) is 2.93. The summed E-state index contributed by atoms with van der Waals surface area (Å²) in [6, 6.07) is 7.68. The van der Waals surface area contributed by atoms with Crippen LogP contribution in [0.25, 0.3) is 0 Å². The zero-order chi connectivity index (χ0) is 27.6. The summed E-state index contributed by atoms with van der Waals surface area (Å²) in [4.78, 5) is 27.0. The first-order valence-corrected chi connectivity index (χ1v) is 13.5. The Morgan fingerprint density at radius 2 is 1.79 bits per heavy atom. The summed E-state index contributed by atoms with van der Waals surface area (Å²) in [5.74, 6) is -4.31. The Hall–Kier alpha value is -3.27. The summed E-state index contributed by atoms with van der Waals surface area (Å²) in [5.41, 5.74) is -0.153. The fourth-order valence-electron chi connectivity index (χ4n) is 5.25. The van der Waals surface area contributed by atoms with E-state index in [4.69, 9.17) is 14.2 Å². The predicted molar refractivity (Wildman–Crippen MR) is 136 cm³/mol. The van der Waals surface area contributed by atoms with E-state index in [1.807, 2.05) is 0 Å². The summed E-state index contributed by atoms with van der Waals surface area (Å²) >= 11 is 0. The van der Waals surface area contributed by atoms with Crippen molar-refractivity contribution in [2.75, 3.05) is 39.5 Å². The van der Waals surface area contributed by atoms with Crippen molar-refractivity contribution in [3.05, 3.63) is 58.9 Å². The van der Waals surface area contributed by atoms with Crippen LogP contribution in [0.3, 0.4) is 0 Å². The molecule has 10 heteroatoms. The highest BCUT2D eigenvalue weighted by Gasteiger charge is 2.43. The number of hydrogen-bond donors (Lipinski definition) is 1. The van der Waals surface area contributed by atoms with E-state index in [-0.39, 0.29) is 24.0 Å². The first kappa shape index (κ1) is 27.3. The number of nitrogens with one attached hydrogen (secondary N) is 1. The maximum atomic E-state index is 14.8. The molecule has 39 heavy (non-hydrogen) atoms. The lowest BCUT2D eigenvalue weighted by atomic mass is 9.76. The van der Waals surface area contributed by atoms with Crippen LogP contribution in [0.15, 0.2) is 30.3 Å². The van der Waals surface area contributed by atoms with Crippen LogP contribution in [0.4, 0.5) is 13.2 Å². The number of piperidine rings is 1. The van der Waals surface area contributed by atoms with Crippen molar-refractivity contribution in [2.45, 2.75) is 45.1 Å². The van der Waals surface area contributed by atoms with Gasteiger partial charge in [0.05, 0.1) is 31.5 Å². The second-order valence-electron chi connectivity index (χ2n) is 10.7. The van der Waals surface area contributed by atoms with Gasteiger partial charge in [0, 0.05) is 25.2 Å². The van der Waals surface area contributed by atoms with Gasteiger partial charge in [-0.05, 0) is 80.7 Å². The Labute approximate surface area is 225 Å². The minimum Gasteiger partial charge on any atom is -0.493 e. The molecule has 1 aliphatic carbocycles. The first-order chi connectivity index (χ1) is 18.8. The van der Waals surface area contributed by atoms with Gasteiger partial charge in [-0.15, -0.1) is 0 Å². The van der Waals surface area contributed by atoms with Crippen LogP contribution in [0.1, 0.15) is 59.7 Å². The third kappa shape index (κ3) is 6.16. The zero-order valence-electron chi connectivity index (χ0n) is 21.9. The van der Waals surface area contributed by atoms with Crippen molar-refractivity contribution in [2.24, 2.45) is 11.3 Å². The molecule has 0 aromatic heterocycles. The molecule has 1 unspecified atom stereocenters. The average Bonchev–Trinajstić information content (AvgIpc) is 3.70. The smallest absolute Gasteiger partial charge is 0.257 e. The fourth-order valence-corrected chi connectivity index (χ4v) is 5.25. The minimum absolute atomic E-state index is 0.0691. The Morgan fingerprint density at radius 3 is 2.46 bits per heavy atom. The van der Waals surface area contributed by atoms with Gasteiger partial charge in [0.25, 0.3) is 11.8 Å². The molecule has 2 saturated heterocycles. The van der Waals surface area contributed by atoms with Crippen LogP contribution < -0.4 is 14.8 Å². The van der Waals surface area contributed by atoms with Gasteiger partial charge in [-0.1, -0.05) is 0 Å². The number of carbonyl (C=O) groups is 2. The number of rotatable bonds is 9. The molecule has 0 radical (unpaired) electrons. The van der Waals surface area contributed by atoms with Gasteiger partial charge < -0.3 is 24.4 Å². The minimum atomic E-state index is -1.44. The monoisotopic (exact) mass is 546 g/mol. The van der Waals surface area contributed by atoms with Gasteiger partial charge in [-0.25, -0.2) is 8.78 Å². The van der Waals surface area contributed by atoms with Crippen LogP contribution in [0, 0.1) is 28.8 Å². The van der Waals surface area contributed by atoms with Crippen LogP contribution in [-0.4, -0.2) is 62.3 Å². The molecule has 0 bridgehead atoms. The van der Waals surface area contributed by atoms with Crippen LogP contribution in [0.5, 0.6) is 11.5 Å². The number of likely N-dealkylation sites (tertiary alicyclic amines) is 1. The van der Waals surface area contributed by atoms with Crippen molar-refractivity contribution in [3.8, 4) is 11.5 Å². The predicted octanol–water partition coefficient (Wildman–Crippen LogP) is 4.73. The van der Waals surface area contributed by atoms with Crippen molar-refractivity contribution < 1.29 is 37.0 Å². The number of amides is 2. The Morgan fingerprint density at radius 1 is 1.08 bits per heavy atom. The molecular weight excluding hydrogens is 513 g/mol. The van der Waals surface area contributed by atoms with E-state index in [0.717, 1.165) is 18.8 Å². The van der Waals surface area contributed by atoms with E-state index in [1.165, 1.54) is 24.7 Å². The SMILES string of the molecule is CCOc1c(F)c(F)cc(C(=O)N2CCC3(CC2)COC(CNC(=O)c2ccc(OCC4CC4)cc2)C3)c1F. The molecule has 2 heterocycles. The van der Waals surface area contributed by atoms with Crippen molar-refractivity contribution in [1.82, 2.24) is 10.2 Å². The Kier molecular flexibility index (Phi) is 8.02. The third-order valence-electron chi connectivity index (χ3n) is 7.82. The lowest BCUT2D eigenvalue weighted by Gasteiger charge is -2.38. The van der Waals surface area contributed by atoms with Gasteiger partial charge in [-0.3, -0.25) is 9.59 Å². The average molecular weight is 547 g/mol. The molecule has 2 aromatic rings. The number of benzene rings is 2. The molecule has 2 aliphatic heterocycles. The Balaban J connectivity index is 1.11. The standard InChI is InChI=1S/C29H33F3N2O5/c1-2-37-26-24(31)22(13-23(30)25(26)32)28(36)34-11-9-29(10-12-34)14-21(39-17-29)15-33-27(35)19-5-7-20(8-6-19)38-16-18-3-4-18/h5-8,13,18,21H,2-4,9-12,14-17H2,1H3,(H,33,35). The maximum absolute atomic E-state index is 14.8. The highest BCUT2D eigenvalue weighted by molar-refractivity contribution is 5.95. The van der Waals surface area contributed by atoms with Crippen LogP contribution in [-0.2, 0) is 4.74 Å². The van der Waals surface area contributed by atoms with E-state index < -0.39 is 34.7 Å². The maximum Gasteiger partial charge on any atom is 0.257 e. The fraction of sp³-hybridized carbons (Fsp3) is 0.517. The van der Waals surface area contributed by atoms with Gasteiger partial charge in [0.1, 0.15) is 5.75 Å². The number of carbonyl (C=O) groups excluding carboxylic acids is 2. The van der Waals surface area contributed by atoms with E-state index in [1.54, 1.807) is 24.3 Å². The van der Waals surface area contributed by atoms with Crippen LogP contribution >= 0.6 is 0 Å². The molecule has 3 aliphatic rings. The summed E-state index contributed by atoms with van der Waals surface area (Å²) in [7, 11) is 0. The topological polar surface area (TPSA) is 77.1 Å². The molecule has 2 amide bonds. The summed E-state index contributed by atoms with van der Waals surface area (Å²) in [6.07, 6.45) is 4.24. The molecular formula is C29H33F3N2O5. The molecule has 2 aromatic carbocycles. The number of hydrogen-bond acceptors (Lipinski definition) is 5. The number of nitrogens with zero attached hydrogens (tertiary/aromatic N) is 1. The molecule has 3 fully saturated rings. The normalized spacial score (nSPS) is 20.2. The molecule has 1 saturated carbocycles. The largest absolute Gasteiger partial charge is 0.493 e. The van der Waals surface area contributed by atoms with Crippen molar-refractivity contribution in [3.63, 3.8) is 0 Å². The third-order valence-corrected chi connectivity index (χ3v) is 7.82. The molecule has 5 rings (SSSR count). The molecule has 210 valence electrons. The lowest BCUT2D eigenvalue weighted by molar-refractivity contribution is 0.0491. The molecule has 7 nitrogen and oxygen atoms in total. The van der Waals surface area contributed by atoms with Gasteiger partial charge in [0.2, 0.25) is 5.82 Å². The van der Waals surface area contributed by atoms with Crippen molar-refractivity contribution >= 4 is 11.8 Å². The first-order valence-electron chi connectivity index (χ1n) is 13.5. The second-order valence-corrected chi connectivity index (χ2v) is 10.7. The molecule has 1 atom stereocenters. The van der Waals surface area contributed by atoms with Crippen LogP contribution in [0.2, 0.25) is 0 Å². The molecule has 1 spiro atoms. The highest BCUT2D eigenvalue weighted by Crippen LogP contribution is 2.42. The second kappa shape index (κ2) is 11.5. The number of ether oxygens (including phenoxy) is 3. The quantitative estimate of drug-likeness (QED) is 0.460. The van der Waals surface area contributed by atoms with Gasteiger partial charge in [0.15, 0.2) is 17.4 Å². The van der Waals surface area contributed by atoms with E-state index in [9.17, 15) is 22.8 Å². The van der Waals surface area contributed by atoms with Gasteiger partial charge in [-0.2, -0.15) is 4.39 Å². The molecule has 1 N–H and O–H groups in total.